The van der Waals surface area contributed by atoms with Crippen molar-refractivity contribution in [3.8, 4) is 17.2 Å². The van der Waals surface area contributed by atoms with Gasteiger partial charge in [-0.25, -0.2) is 0 Å². The van der Waals surface area contributed by atoms with E-state index < -0.39 is 93.0 Å². The van der Waals surface area contributed by atoms with Gasteiger partial charge in [0.1, 0.15) is 12.1 Å². The quantitative estimate of drug-likeness (QED) is 0.0440. The van der Waals surface area contributed by atoms with E-state index in [1.807, 2.05) is 0 Å². The Bertz CT molecular complexity index is 2520. The number of nitrogens with zero attached hydrogens (tertiary/aromatic N) is 6. The number of carbonyl (C=O) groups excluding carboxylic acids is 6. The molecule has 9 N–H and O–H groups in total. The molecule has 3 atom stereocenters. The molecule has 3 aromatic rings. The summed E-state index contributed by atoms with van der Waals surface area (Å²) in [7, 11) is 5.55. The van der Waals surface area contributed by atoms with Crippen molar-refractivity contribution in [1.82, 2.24) is 44.4 Å². The van der Waals surface area contributed by atoms with Crippen molar-refractivity contribution >= 4 is 35.4 Å². The van der Waals surface area contributed by atoms with E-state index in [-0.39, 0.29) is 95.8 Å². The lowest BCUT2D eigenvalue weighted by molar-refractivity contribution is -0.148. The maximum Gasteiger partial charge on any atom is 0.293 e. The molecule has 4 heterocycles. The number of aliphatic hydroxyl groups excluding tert-OH is 1. The molecule has 0 radical (unpaired) electrons. The normalized spacial score (nSPS) is 14.9. The van der Waals surface area contributed by atoms with Crippen LogP contribution in [0.25, 0.3) is 0 Å². The predicted octanol–water partition coefficient (Wildman–Crippen LogP) is -2.99. The first-order valence-corrected chi connectivity index (χ1v) is 21.3. The monoisotopic (exact) mass is 938 g/mol. The Morgan fingerprint density at radius 2 is 1.19 bits per heavy atom. The van der Waals surface area contributed by atoms with Crippen molar-refractivity contribution in [2.75, 3.05) is 66.1 Å². The van der Waals surface area contributed by atoms with Crippen molar-refractivity contribution < 1.29 is 53.9 Å². The highest BCUT2D eigenvalue weighted by molar-refractivity contribution is 6.00. The van der Waals surface area contributed by atoms with Crippen LogP contribution in [0, 0.1) is 5.92 Å². The van der Waals surface area contributed by atoms with Gasteiger partial charge in [-0.2, -0.15) is 0 Å². The van der Waals surface area contributed by atoms with Crippen molar-refractivity contribution in [3.63, 3.8) is 0 Å². The molecule has 4 rings (SSSR count). The molecular formula is C43H58N10O14. The summed E-state index contributed by atoms with van der Waals surface area (Å²) in [6.45, 7) is -0.221. The molecule has 3 aromatic heterocycles. The average molecular weight is 939 g/mol. The third-order valence-corrected chi connectivity index (χ3v) is 10.9. The lowest BCUT2D eigenvalue weighted by Gasteiger charge is -2.34. The van der Waals surface area contributed by atoms with Crippen molar-refractivity contribution in [2.45, 2.75) is 37.8 Å². The Morgan fingerprint density at radius 1 is 0.701 bits per heavy atom. The van der Waals surface area contributed by atoms with Crippen LogP contribution in [-0.4, -0.2) is 162 Å². The zero-order chi connectivity index (χ0) is 49.5. The van der Waals surface area contributed by atoms with Gasteiger partial charge in [-0.05, 0) is 43.9 Å². The maximum atomic E-state index is 14.4. The maximum absolute atomic E-state index is 14.4. The van der Waals surface area contributed by atoms with Crippen molar-refractivity contribution in [3.05, 3.63) is 96.8 Å². The van der Waals surface area contributed by atoms with Crippen LogP contribution < -0.4 is 38.4 Å². The van der Waals surface area contributed by atoms with Crippen LogP contribution in [0.5, 0.6) is 17.2 Å². The van der Waals surface area contributed by atoms with Crippen LogP contribution in [0.15, 0.2) is 63.4 Å². The van der Waals surface area contributed by atoms with E-state index in [1.54, 1.807) is 0 Å². The number of hydrogen-bond acceptors (Lipinski definition) is 15. The third-order valence-electron chi connectivity index (χ3n) is 10.9. The molecule has 0 saturated heterocycles. The summed E-state index contributed by atoms with van der Waals surface area (Å²) >= 11 is 0. The molecule has 24 nitrogen and oxygen atoms in total. The minimum Gasteiger partial charge on any atom is -0.502 e. The van der Waals surface area contributed by atoms with E-state index in [4.69, 9.17) is 10.5 Å². The fourth-order valence-electron chi connectivity index (χ4n) is 7.03. The van der Waals surface area contributed by atoms with E-state index in [0.29, 0.717) is 0 Å². The summed E-state index contributed by atoms with van der Waals surface area (Å²) in [5.41, 5.74) is 2.02. The molecule has 0 fully saturated rings. The first-order chi connectivity index (χ1) is 31.8. The number of nitrogens with one attached hydrogen (secondary N) is 3. The summed E-state index contributed by atoms with van der Waals surface area (Å²) in [6, 6.07) is 2.34. The van der Waals surface area contributed by atoms with E-state index >= 15 is 0 Å². The average Bonchev–Trinajstić information content (AvgIpc) is 3.30. The Hall–Kier alpha value is -7.31. The van der Waals surface area contributed by atoms with Crippen LogP contribution in [-0.2, 0) is 40.3 Å². The van der Waals surface area contributed by atoms with Gasteiger partial charge < -0.3 is 75.2 Å². The summed E-state index contributed by atoms with van der Waals surface area (Å²) in [4.78, 5) is 122. The number of likely N-dealkylation sites (N-methyl/N-ethyl adjacent to an activating group) is 1. The molecule has 0 bridgehead atoms. The van der Waals surface area contributed by atoms with Gasteiger partial charge in [0.2, 0.25) is 11.8 Å². The standard InChI is InChI=1S/C43H58N10O14/c1-48-20-9-26(31(54)40(48)63)35(58)45-14-6-18-52(38(61)28-11-22-50(3)42(65)33(28)56)17-5-8-30(37(60)47-16-25-67-24-13-44)53(39(62)29-12-23-51(4)43(66)34(29)57)19-7-15-46-36(59)27-10-21-49(2)41(64)32(27)55/h9-12,20-23,28,30,33,54-57H,5-8,13-19,24-25,44H2,1-4H3,(H,45,58)(H,46,59)(H,47,60). The van der Waals surface area contributed by atoms with Gasteiger partial charge in [-0.3, -0.25) is 43.2 Å². The second-order valence-corrected chi connectivity index (χ2v) is 15.6. The number of aromatic nitrogens is 3. The predicted molar refractivity (Wildman–Crippen MR) is 239 cm³/mol. The highest BCUT2D eigenvalue weighted by Gasteiger charge is 2.38. The highest BCUT2D eigenvalue weighted by atomic mass is 16.5. The lowest BCUT2D eigenvalue weighted by atomic mass is 9.96. The fourth-order valence-corrected chi connectivity index (χ4v) is 7.03. The Balaban J connectivity index is 1.61. The number of aromatic hydroxyl groups is 3. The van der Waals surface area contributed by atoms with Gasteiger partial charge in [0, 0.05) is 98.8 Å². The SMILES string of the molecule is CN1C=CC(C(=O)N(CCCNC(=O)c2ccn(C)c(=O)c2O)CCCC(C(=O)NCCOCCN)N(CCCNC(=O)c2ccn(C)c(=O)c2O)C(=O)c2ccn(C)c(=O)c2O)C(O)C1=O. The van der Waals surface area contributed by atoms with E-state index in [2.05, 4.69) is 16.0 Å². The Morgan fingerprint density at radius 3 is 1.73 bits per heavy atom. The largest absolute Gasteiger partial charge is 0.502 e. The van der Waals surface area contributed by atoms with Gasteiger partial charge in [0.05, 0.1) is 35.8 Å². The molecule has 3 unspecified atom stereocenters. The highest BCUT2D eigenvalue weighted by Crippen LogP contribution is 2.22. The fraction of sp³-hybridized carbons (Fsp3) is 0.465. The van der Waals surface area contributed by atoms with E-state index in [0.717, 1.165) is 23.5 Å². The minimum atomic E-state index is -1.73. The van der Waals surface area contributed by atoms with E-state index in [9.17, 15) is 63.6 Å². The van der Waals surface area contributed by atoms with Crippen LogP contribution >= 0.6 is 0 Å². The number of amides is 6. The second kappa shape index (κ2) is 24.3. The third kappa shape index (κ3) is 13.2. The molecule has 1 aliphatic heterocycles. The molecule has 6 amide bonds. The molecular weight excluding hydrogens is 881 g/mol. The first-order valence-electron chi connectivity index (χ1n) is 21.3. The van der Waals surface area contributed by atoms with Crippen LogP contribution in [0.3, 0.4) is 0 Å². The number of aryl methyl sites for hydroxylation is 3. The molecule has 1 aliphatic rings. The van der Waals surface area contributed by atoms with Gasteiger partial charge in [0.25, 0.3) is 40.3 Å². The number of pyridine rings is 3. The topological polar surface area (TPSA) is 330 Å². The van der Waals surface area contributed by atoms with Crippen LogP contribution in [0.4, 0.5) is 0 Å². The number of hydrogen-bond donors (Lipinski definition) is 8. The molecule has 0 aliphatic carbocycles. The molecule has 67 heavy (non-hydrogen) atoms. The molecule has 0 saturated carbocycles. The number of aliphatic hydroxyl groups is 1. The lowest BCUT2D eigenvalue weighted by Crippen LogP contribution is -2.52. The number of rotatable bonds is 23. The number of nitrogens with two attached hydrogens (primary N) is 1. The van der Waals surface area contributed by atoms with Crippen molar-refractivity contribution in [1.29, 1.82) is 0 Å². The summed E-state index contributed by atoms with van der Waals surface area (Å²) < 4.78 is 8.60. The molecule has 364 valence electrons. The van der Waals surface area contributed by atoms with Gasteiger partial charge in [-0.15, -0.1) is 0 Å². The number of carbonyl (C=O) groups is 6. The zero-order valence-electron chi connectivity index (χ0n) is 37.7. The molecule has 0 spiro atoms. The Labute approximate surface area is 383 Å². The van der Waals surface area contributed by atoms with Crippen LogP contribution in [0.1, 0.15) is 56.8 Å². The molecule has 0 aromatic carbocycles. The minimum absolute atomic E-state index is 0.00723. The zero-order valence-corrected chi connectivity index (χ0v) is 37.7. The summed E-state index contributed by atoms with van der Waals surface area (Å²) in [6.07, 6.45) is 4.72. The van der Waals surface area contributed by atoms with Crippen molar-refractivity contribution in [2.24, 2.45) is 32.8 Å². The van der Waals surface area contributed by atoms with Gasteiger partial charge >= 0.3 is 0 Å². The smallest absolute Gasteiger partial charge is 0.293 e. The van der Waals surface area contributed by atoms with Gasteiger partial charge in [0.15, 0.2) is 17.2 Å². The molecule has 24 heteroatoms. The van der Waals surface area contributed by atoms with Gasteiger partial charge in [-0.1, -0.05) is 6.08 Å². The van der Waals surface area contributed by atoms with Crippen LogP contribution in [0.2, 0.25) is 0 Å². The van der Waals surface area contributed by atoms with E-state index in [1.165, 1.54) is 82.2 Å². The second-order valence-electron chi connectivity index (χ2n) is 15.6. The Kier molecular flexibility index (Phi) is 19.0. The first kappa shape index (κ1) is 52.3. The summed E-state index contributed by atoms with van der Waals surface area (Å²) in [5.74, 6) is -8.32. The summed E-state index contributed by atoms with van der Waals surface area (Å²) in [5, 5.41) is 50.0. The number of ether oxygens (including phenoxy) is 1.